The minimum atomic E-state index is -0.422. The minimum absolute atomic E-state index is 0.167. The normalized spacial score (nSPS) is 16.7. The van der Waals surface area contributed by atoms with Gasteiger partial charge in [0.2, 0.25) is 0 Å². The molecule has 19 heavy (non-hydrogen) atoms. The van der Waals surface area contributed by atoms with Crippen LogP contribution in [-0.2, 0) is 0 Å². The number of nitrogens with zero attached hydrogens (tertiary/aromatic N) is 1. The van der Waals surface area contributed by atoms with Gasteiger partial charge in [0.25, 0.3) is 5.91 Å². The van der Waals surface area contributed by atoms with E-state index in [-0.39, 0.29) is 17.5 Å². The zero-order valence-electron chi connectivity index (χ0n) is 10.4. The number of aromatic nitrogens is 2. The summed E-state index contributed by atoms with van der Waals surface area (Å²) in [6.45, 7) is 1.81. The van der Waals surface area contributed by atoms with Crippen LogP contribution in [0, 0.1) is 5.82 Å². The number of para-hydroxylation sites is 1. The van der Waals surface area contributed by atoms with Crippen molar-refractivity contribution >= 4 is 16.8 Å². The second-order valence-electron chi connectivity index (χ2n) is 4.73. The van der Waals surface area contributed by atoms with Gasteiger partial charge in [0, 0.05) is 11.4 Å². The molecular formula is C13H15FN4O. The molecule has 1 aromatic heterocycles. The van der Waals surface area contributed by atoms with Gasteiger partial charge in [-0.3, -0.25) is 9.89 Å². The highest BCUT2D eigenvalue weighted by molar-refractivity contribution is 6.04. The van der Waals surface area contributed by atoms with E-state index in [4.69, 9.17) is 0 Å². The molecule has 0 spiro atoms. The Morgan fingerprint density at radius 3 is 2.95 bits per heavy atom. The van der Waals surface area contributed by atoms with E-state index in [1.54, 1.807) is 12.1 Å². The molecule has 0 atom stereocenters. The molecule has 3 N–H and O–H groups in total. The molecule has 6 heteroatoms. The van der Waals surface area contributed by atoms with E-state index in [2.05, 4.69) is 20.8 Å². The van der Waals surface area contributed by atoms with Crippen molar-refractivity contribution in [2.75, 3.05) is 13.1 Å². The second kappa shape index (κ2) is 4.97. The summed E-state index contributed by atoms with van der Waals surface area (Å²) in [5.41, 5.74) is 0.533. The maximum Gasteiger partial charge on any atom is 0.270 e. The number of H-pyrrole nitrogens is 1. The molecular weight excluding hydrogens is 247 g/mol. The van der Waals surface area contributed by atoms with Crippen LogP contribution in [0.15, 0.2) is 18.2 Å². The van der Waals surface area contributed by atoms with Crippen LogP contribution in [0.2, 0.25) is 0 Å². The Hall–Kier alpha value is -1.95. The minimum Gasteiger partial charge on any atom is -0.348 e. The predicted molar refractivity (Wildman–Crippen MR) is 69.4 cm³/mol. The lowest BCUT2D eigenvalue weighted by Crippen LogP contribution is -2.42. The van der Waals surface area contributed by atoms with E-state index in [9.17, 15) is 9.18 Å². The van der Waals surface area contributed by atoms with Gasteiger partial charge < -0.3 is 10.6 Å². The van der Waals surface area contributed by atoms with Gasteiger partial charge in [-0.2, -0.15) is 5.10 Å². The molecule has 1 saturated heterocycles. The average Bonchev–Trinajstić information content (AvgIpc) is 2.85. The summed E-state index contributed by atoms with van der Waals surface area (Å²) >= 11 is 0. The highest BCUT2D eigenvalue weighted by Gasteiger charge is 2.20. The Bertz CT molecular complexity index is 604. The Labute approximate surface area is 109 Å². The number of rotatable bonds is 2. The number of carbonyl (C=O) groups excluding carboxylic acids is 1. The first-order valence-corrected chi connectivity index (χ1v) is 6.40. The molecule has 1 amide bonds. The van der Waals surface area contributed by atoms with Gasteiger partial charge in [-0.1, -0.05) is 12.1 Å². The molecule has 0 aliphatic carbocycles. The number of hydrogen-bond donors (Lipinski definition) is 3. The third-order valence-electron chi connectivity index (χ3n) is 3.44. The van der Waals surface area contributed by atoms with Crippen molar-refractivity contribution in [3.63, 3.8) is 0 Å². The van der Waals surface area contributed by atoms with E-state index in [1.807, 2.05) is 0 Å². The van der Waals surface area contributed by atoms with Crippen molar-refractivity contribution in [1.82, 2.24) is 20.8 Å². The van der Waals surface area contributed by atoms with E-state index in [1.165, 1.54) is 6.07 Å². The molecule has 1 aromatic carbocycles. The first kappa shape index (κ1) is 12.1. The Morgan fingerprint density at radius 1 is 1.37 bits per heavy atom. The summed E-state index contributed by atoms with van der Waals surface area (Å²) in [4.78, 5) is 12.2. The fraction of sp³-hybridized carbons (Fsp3) is 0.385. The SMILES string of the molecule is O=C(NC1CCNCC1)c1[nH]nc2c(F)cccc12. The maximum absolute atomic E-state index is 13.5. The van der Waals surface area contributed by atoms with Gasteiger partial charge in [0.1, 0.15) is 11.2 Å². The Balaban J connectivity index is 1.83. The summed E-state index contributed by atoms with van der Waals surface area (Å²) in [6.07, 6.45) is 1.82. The molecule has 2 heterocycles. The number of hydrogen-bond acceptors (Lipinski definition) is 3. The summed E-state index contributed by atoms with van der Waals surface area (Å²) in [5, 5.41) is 13.2. The smallest absolute Gasteiger partial charge is 0.270 e. The molecule has 5 nitrogen and oxygen atoms in total. The summed E-state index contributed by atoms with van der Waals surface area (Å²) in [6, 6.07) is 4.77. The number of halogens is 1. The van der Waals surface area contributed by atoms with Crippen molar-refractivity contribution in [1.29, 1.82) is 0 Å². The molecule has 1 aliphatic heterocycles. The lowest BCUT2D eigenvalue weighted by molar-refractivity contribution is 0.0926. The van der Waals surface area contributed by atoms with Crippen LogP contribution in [0.4, 0.5) is 4.39 Å². The molecule has 0 unspecified atom stereocenters. The standard InChI is InChI=1S/C13H15FN4O/c14-10-3-1-2-9-11(10)17-18-12(9)13(19)16-8-4-6-15-7-5-8/h1-3,8,15H,4-7H2,(H,16,19)(H,17,18). The van der Waals surface area contributed by atoms with E-state index in [0.29, 0.717) is 11.1 Å². The number of fused-ring (bicyclic) bond motifs is 1. The second-order valence-corrected chi connectivity index (χ2v) is 4.73. The Morgan fingerprint density at radius 2 is 2.16 bits per heavy atom. The molecule has 0 bridgehead atoms. The zero-order chi connectivity index (χ0) is 13.2. The van der Waals surface area contributed by atoms with Crippen LogP contribution in [0.1, 0.15) is 23.3 Å². The number of nitrogens with one attached hydrogen (secondary N) is 3. The van der Waals surface area contributed by atoms with Crippen molar-refractivity contribution in [2.24, 2.45) is 0 Å². The van der Waals surface area contributed by atoms with Crippen LogP contribution in [-0.4, -0.2) is 35.2 Å². The topological polar surface area (TPSA) is 69.8 Å². The molecule has 1 fully saturated rings. The summed E-state index contributed by atoms with van der Waals surface area (Å²) < 4.78 is 13.5. The van der Waals surface area contributed by atoms with Crippen LogP contribution < -0.4 is 10.6 Å². The first-order valence-electron chi connectivity index (χ1n) is 6.40. The summed E-state index contributed by atoms with van der Waals surface area (Å²) in [5.74, 6) is -0.644. The quantitative estimate of drug-likeness (QED) is 0.761. The largest absolute Gasteiger partial charge is 0.348 e. The van der Waals surface area contributed by atoms with Crippen LogP contribution in [0.5, 0.6) is 0 Å². The molecule has 1 aliphatic rings. The number of carbonyl (C=O) groups is 1. The number of benzene rings is 1. The monoisotopic (exact) mass is 262 g/mol. The third kappa shape index (κ3) is 2.31. The van der Waals surface area contributed by atoms with Gasteiger partial charge >= 0.3 is 0 Å². The van der Waals surface area contributed by atoms with Crippen molar-refractivity contribution < 1.29 is 9.18 Å². The number of amides is 1. The van der Waals surface area contributed by atoms with Crippen LogP contribution >= 0.6 is 0 Å². The molecule has 100 valence electrons. The van der Waals surface area contributed by atoms with Gasteiger partial charge in [-0.15, -0.1) is 0 Å². The number of aromatic amines is 1. The third-order valence-corrected chi connectivity index (χ3v) is 3.44. The van der Waals surface area contributed by atoms with Crippen molar-refractivity contribution in [2.45, 2.75) is 18.9 Å². The average molecular weight is 262 g/mol. The van der Waals surface area contributed by atoms with Gasteiger partial charge in [0.05, 0.1) is 0 Å². The van der Waals surface area contributed by atoms with Crippen molar-refractivity contribution in [3.8, 4) is 0 Å². The van der Waals surface area contributed by atoms with Crippen LogP contribution in [0.25, 0.3) is 10.9 Å². The van der Waals surface area contributed by atoms with Crippen LogP contribution in [0.3, 0.4) is 0 Å². The number of piperidine rings is 1. The van der Waals surface area contributed by atoms with Crippen molar-refractivity contribution in [3.05, 3.63) is 29.7 Å². The van der Waals surface area contributed by atoms with Gasteiger partial charge in [-0.25, -0.2) is 4.39 Å². The fourth-order valence-corrected chi connectivity index (χ4v) is 2.40. The highest BCUT2D eigenvalue weighted by atomic mass is 19.1. The van der Waals surface area contributed by atoms with E-state index < -0.39 is 5.82 Å². The van der Waals surface area contributed by atoms with E-state index in [0.717, 1.165) is 25.9 Å². The fourth-order valence-electron chi connectivity index (χ4n) is 2.40. The molecule has 0 radical (unpaired) electrons. The maximum atomic E-state index is 13.5. The summed E-state index contributed by atoms with van der Waals surface area (Å²) in [7, 11) is 0. The molecule has 0 saturated carbocycles. The van der Waals surface area contributed by atoms with E-state index >= 15 is 0 Å². The zero-order valence-corrected chi connectivity index (χ0v) is 10.4. The molecule has 3 rings (SSSR count). The predicted octanol–water partition coefficient (Wildman–Crippen LogP) is 1.18. The molecule has 2 aromatic rings. The highest BCUT2D eigenvalue weighted by Crippen LogP contribution is 2.18. The van der Waals surface area contributed by atoms with Gasteiger partial charge in [-0.05, 0) is 32.0 Å². The Kier molecular flexibility index (Phi) is 3.16. The first-order chi connectivity index (χ1) is 9.25. The lowest BCUT2D eigenvalue weighted by atomic mass is 10.1. The van der Waals surface area contributed by atoms with Gasteiger partial charge in [0.15, 0.2) is 5.82 Å². The lowest BCUT2D eigenvalue weighted by Gasteiger charge is -2.23.